The van der Waals surface area contributed by atoms with Crippen molar-refractivity contribution in [3.05, 3.63) is 159 Å². The van der Waals surface area contributed by atoms with Crippen molar-refractivity contribution in [3.63, 3.8) is 0 Å². The van der Waals surface area contributed by atoms with Gasteiger partial charge in [-0.2, -0.15) is 0 Å². The zero-order valence-corrected chi connectivity index (χ0v) is 29.1. The lowest BCUT2D eigenvalue weighted by molar-refractivity contribution is -0.116. The van der Waals surface area contributed by atoms with Gasteiger partial charge in [0.25, 0.3) is 11.8 Å². The van der Waals surface area contributed by atoms with Gasteiger partial charge in [-0.15, -0.1) is 34.4 Å². The van der Waals surface area contributed by atoms with E-state index in [0.29, 0.717) is 16.4 Å². The second kappa shape index (κ2) is 15.7. The highest BCUT2D eigenvalue weighted by Gasteiger charge is 2.24. The minimum atomic E-state index is -0.554. The SMILES string of the molecule is Cc1ccc(-c2nc(NC(=O)C(Sc3ccc(NC(=O)/C(=C/c4cccs4)NC(=O)c4ccccc4)cc3)c3ccccc3)sc2C)cc1. The Bertz CT molecular complexity index is 2080. The predicted octanol–water partition coefficient (Wildman–Crippen LogP) is 9.37. The number of aromatic nitrogens is 1. The fourth-order valence-electron chi connectivity index (χ4n) is 4.91. The number of nitrogens with zero attached hydrogens (tertiary/aromatic N) is 1. The highest BCUT2D eigenvalue weighted by atomic mass is 32.2. The maximum atomic E-state index is 13.8. The van der Waals surface area contributed by atoms with Crippen LogP contribution >= 0.6 is 34.4 Å². The molecule has 0 bridgehead atoms. The van der Waals surface area contributed by atoms with Gasteiger partial charge in [0.1, 0.15) is 10.9 Å². The number of thiazole rings is 1. The second-order valence-corrected chi connectivity index (χ2v) is 14.4. The van der Waals surface area contributed by atoms with Crippen molar-refractivity contribution in [2.45, 2.75) is 24.0 Å². The van der Waals surface area contributed by atoms with Crippen LogP contribution in [0.4, 0.5) is 10.8 Å². The van der Waals surface area contributed by atoms with Gasteiger partial charge in [-0.3, -0.25) is 14.4 Å². The van der Waals surface area contributed by atoms with Gasteiger partial charge in [0.2, 0.25) is 5.91 Å². The molecule has 0 radical (unpaired) electrons. The lowest BCUT2D eigenvalue weighted by Gasteiger charge is -2.17. The quantitative estimate of drug-likeness (QED) is 0.0924. The molecule has 0 spiro atoms. The number of hydrogen-bond donors (Lipinski definition) is 3. The van der Waals surface area contributed by atoms with Crippen LogP contribution in [-0.4, -0.2) is 22.7 Å². The molecule has 0 fully saturated rings. The van der Waals surface area contributed by atoms with E-state index in [4.69, 9.17) is 4.98 Å². The summed E-state index contributed by atoms with van der Waals surface area (Å²) in [6.07, 6.45) is 1.65. The molecular weight excluding hydrogens is 669 g/mol. The number of carbonyl (C=O) groups excluding carboxylic acids is 3. The monoisotopic (exact) mass is 700 g/mol. The Morgan fingerprint density at radius 1 is 0.776 bits per heavy atom. The second-order valence-electron chi connectivity index (χ2n) is 11.1. The summed E-state index contributed by atoms with van der Waals surface area (Å²) >= 11 is 4.32. The molecule has 7 nitrogen and oxygen atoms in total. The number of aryl methyl sites for hydroxylation is 2. The standard InChI is InChI=1S/C39H32N4O3S3/c1-25-15-17-27(18-16-25)34-26(2)48-39(42-34)43-38(46)35(28-10-5-3-6-11-28)49-31-21-19-30(20-22-31)40-37(45)33(24-32-14-9-23-47-32)41-36(44)29-12-7-4-8-13-29/h3-24,35H,1-2H3,(H,40,45)(H,41,44)(H,42,43,46)/b33-24-. The van der Waals surface area contributed by atoms with Gasteiger partial charge in [0.05, 0.1) is 5.69 Å². The van der Waals surface area contributed by atoms with Crippen molar-refractivity contribution >= 4 is 69.1 Å². The third-order valence-electron chi connectivity index (χ3n) is 7.42. The van der Waals surface area contributed by atoms with Crippen LogP contribution in [0.5, 0.6) is 0 Å². The molecule has 3 amide bonds. The third kappa shape index (κ3) is 8.80. The van der Waals surface area contributed by atoms with Gasteiger partial charge >= 0.3 is 0 Å². The lowest BCUT2D eigenvalue weighted by atomic mass is 10.1. The van der Waals surface area contributed by atoms with E-state index < -0.39 is 11.2 Å². The van der Waals surface area contributed by atoms with Gasteiger partial charge in [-0.1, -0.05) is 84.4 Å². The number of amides is 3. The summed E-state index contributed by atoms with van der Waals surface area (Å²) in [5.41, 5.74) is 5.01. The number of anilines is 2. The highest BCUT2D eigenvalue weighted by molar-refractivity contribution is 8.00. The molecule has 4 aromatic carbocycles. The summed E-state index contributed by atoms with van der Waals surface area (Å²) < 4.78 is 0. The molecule has 1 atom stereocenters. The van der Waals surface area contributed by atoms with Crippen molar-refractivity contribution in [2.24, 2.45) is 0 Å². The summed E-state index contributed by atoms with van der Waals surface area (Å²) in [5, 5.41) is 10.6. The van der Waals surface area contributed by atoms with E-state index in [0.717, 1.165) is 31.5 Å². The fraction of sp³-hybridized carbons (Fsp3) is 0.0769. The van der Waals surface area contributed by atoms with Crippen LogP contribution in [0.2, 0.25) is 0 Å². The summed E-state index contributed by atoms with van der Waals surface area (Å²) in [5.74, 6) is -1.02. The molecule has 1 unspecified atom stereocenters. The maximum Gasteiger partial charge on any atom is 0.272 e. The first kappa shape index (κ1) is 33.6. The van der Waals surface area contributed by atoms with Crippen LogP contribution < -0.4 is 16.0 Å². The Kier molecular flexibility index (Phi) is 10.8. The van der Waals surface area contributed by atoms with Crippen molar-refractivity contribution in [3.8, 4) is 11.3 Å². The number of benzene rings is 4. The van der Waals surface area contributed by atoms with Crippen LogP contribution in [0.1, 0.15) is 36.5 Å². The molecule has 6 rings (SSSR count). The summed E-state index contributed by atoms with van der Waals surface area (Å²) in [7, 11) is 0. The van der Waals surface area contributed by atoms with Crippen molar-refractivity contribution in [1.82, 2.24) is 10.3 Å². The van der Waals surface area contributed by atoms with E-state index >= 15 is 0 Å². The number of thiophene rings is 1. The topological polar surface area (TPSA) is 100 Å². The Morgan fingerprint density at radius 3 is 2.14 bits per heavy atom. The van der Waals surface area contributed by atoms with Crippen LogP contribution in [0.15, 0.2) is 137 Å². The average molecular weight is 701 g/mol. The number of carbonyl (C=O) groups is 3. The molecule has 10 heteroatoms. The first-order valence-corrected chi connectivity index (χ1v) is 18.0. The number of thioether (sulfide) groups is 1. The summed E-state index contributed by atoms with van der Waals surface area (Å²) in [6, 6.07) is 37.6. The van der Waals surface area contributed by atoms with Crippen LogP contribution in [0.3, 0.4) is 0 Å². The van der Waals surface area contributed by atoms with Gasteiger partial charge in [-0.25, -0.2) is 4.98 Å². The zero-order valence-electron chi connectivity index (χ0n) is 26.7. The van der Waals surface area contributed by atoms with Crippen LogP contribution in [0, 0.1) is 13.8 Å². The number of rotatable bonds is 11. The zero-order chi connectivity index (χ0) is 34.2. The molecule has 0 aliphatic carbocycles. The van der Waals surface area contributed by atoms with Gasteiger partial charge in [0.15, 0.2) is 5.13 Å². The minimum absolute atomic E-state index is 0.124. The van der Waals surface area contributed by atoms with Gasteiger partial charge in [0, 0.05) is 31.5 Å². The molecule has 6 aromatic rings. The van der Waals surface area contributed by atoms with E-state index in [1.165, 1.54) is 40.0 Å². The Labute approximate surface area is 297 Å². The van der Waals surface area contributed by atoms with E-state index in [-0.39, 0.29) is 17.5 Å². The Balaban J connectivity index is 1.16. The largest absolute Gasteiger partial charge is 0.321 e. The lowest BCUT2D eigenvalue weighted by Crippen LogP contribution is -2.30. The molecule has 244 valence electrons. The predicted molar refractivity (Wildman–Crippen MR) is 202 cm³/mol. The minimum Gasteiger partial charge on any atom is -0.321 e. The van der Waals surface area contributed by atoms with E-state index in [1.807, 2.05) is 92.0 Å². The summed E-state index contributed by atoms with van der Waals surface area (Å²) in [6.45, 7) is 4.05. The Hall–Kier alpha value is -5.29. The van der Waals surface area contributed by atoms with Crippen molar-refractivity contribution in [1.29, 1.82) is 0 Å². The first-order chi connectivity index (χ1) is 23.8. The highest BCUT2D eigenvalue weighted by Crippen LogP contribution is 2.38. The van der Waals surface area contributed by atoms with Gasteiger partial charge in [-0.05, 0) is 73.3 Å². The average Bonchev–Trinajstić information content (AvgIpc) is 3.77. The van der Waals surface area contributed by atoms with Crippen molar-refractivity contribution < 1.29 is 14.4 Å². The molecule has 49 heavy (non-hydrogen) atoms. The van der Waals surface area contributed by atoms with E-state index in [2.05, 4.69) is 28.1 Å². The smallest absolute Gasteiger partial charge is 0.272 e. The van der Waals surface area contributed by atoms with E-state index in [9.17, 15) is 14.4 Å². The Morgan fingerprint density at radius 2 is 1.47 bits per heavy atom. The van der Waals surface area contributed by atoms with Crippen LogP contribution in [0.25, 0.3) is 17.3 Å². The molecule has 2 aromatic heterocycles. The normalized spacial score (nSPS) is 11.8. The molecule has 0 saturated carbocycles. The molecule has 3 N–H and O–H groups in total. The molecule has 0 aliphatic rings. The fourth-order valence-corrected chi connectivity index (χ4v) is 7.43. The van der Waals surface area contributed by atoms with Crippen LogP contribution in [-0.2, 0) is 9.59 Å². The van der Waals surface area contributed by atoms with Crippen molar-refractivity contribution in [2.75, 3.05) is 10.6 Å². The molecule has 0 saturated heterocycles. The number of nitrogens with one attached hydrogen (secondary N) is 3. The molecule has 2 heterocycles. The first-order valence-electron chi connectivity index (χ1n) is 15.4. The van der Waals surface area contributed by atoms with Gasteiger partial charge < -0.3 is 16.0 Å². The van der Waals surface area contributed by atoms with E-state index in [1.54, 1.807) is 42.5 Å². The number of hydrogen-bond acceptors (Lipinski definition) is 7. The molecular formula is C39H32N4O3S3. The molecule has 0 aliphatic heterocycles. The summed E-state index contributed by atoms with van der Waals surface area (Å²) in [4.78, 5) is 47.5. The maximum absolute atomic E-state index is 13.8. The third-order valence-corrected chi connectivity index (χ3v) is 10.4.